The Morgan fingerprint density at radius 1 is 1.41 bits per heavy atom. The minimum absolute atomic E-state index is 0.0931. The molecule has 1 unspecified atom stereocenters. The number of anilines is 1. The molecular weight excluding hydrogens is 244 g/mol. The number of hydrogen-bond acceptors (Lipinski definition) is 5. The van der Waals surface area contributed by atoms with Crippen LogP contribution in [0.4, 0.5) is 5.69 Å². The summed E-state index contributed by atoms with van der Waals surface area (Å²) < 4.78 is 33.5. The smallest absolute Gasteiger partial charge is 0.241 e. The Kier molecular flexibility index (Phi) is 3.23. The van der Waals surface area contributed by atoms with Crippen molar-refractivity contribution < 1.29 is 17.9 Å². The minimum atomic E-state index is -3.84. The monoisotopic (exact) mass is 258 g/mol. The van der Waals surface area contributed by atoms with Crippen molar-refractivity contribution >= 4 is 15.7 Å². The normalized spacial score (nSPS) is 20.4. The van der Waals surface area contributed by atoms with Crippen molar-refractivity contribution in [2.45, 2.75) is 17.4 Å². The van der Waals surface area contributed by atoms with Gasteiger partial charge in [0, 0.05) is 12.1 Å². The fourth-order valence-corrected chi connectivity index (χ4v) is 2.33. The van der Waals surface area contributed by atoms with Gasteiger partial charge in [-0.3, -0.25) is 0 Å². The van der Waals surface area contributed by atoms with Gasteiger partial charge in [0.1, 0.15) is 16.7 Å². The molecule has 2 rings (SSSR count). The van der Waals surface area contributed by atoms with E-state index in [0.717, 1.165) is 6.42 Å². The van der Waals surface area contributed by atoms with Crippen molar-refractivity contribution in [1.82, 2.24) is 0 Å². The molecule has 94 valence electrons. The van der Waals surface area contributed by atoms with Crippen LogP contribution in [-0.4, -0.2) is 27.7 Å². The second-order valence-electron chi connectivity index (χ2n) is 3.85. The third-order valence-electron chi connectivity index (χ3n) is 2.46. The number of sulfonamides is 1. The molecule has 1 saturated heterocycles. The van der Waals surface area contributed by atoms with E-state index < -0.39 is 10.0 Å². The third-order valence-corrected chi connectivity index (χ3v) is 3.39. The van der Waals surface area contributed by atoms with E-state index in [1.54, 1.807) is 6.07 Å². The first-order chi connectivity index (χ1) is 7.97. The summed E-state index contributed by atoms with van der Waals surface area (Å²) in [6.45, 7) is 1.07. The highest BCUT2D eigenvalue weighted by Gasteiger charge is 2.22. The summed E-state index contributed by atoms with van der Waals surface area (Å²) in [6.07, 6.45) is 0.591. The summed E-state index contributed by atoms with van der Waals surface area (Å²) in [5.74, 6) is 0.220. The maximum Gasteiger partial charge on any atom is 0.241 e. The molecule has 0 aromatic heterocycles. The first kappa shape index (κ1) is 12.2. The number of rotatable bonds is 3. The summed E-state index contributed by atoms with van der Waals surface area (Å²) in [5.41, 5.74) is 5.86. The van der Waals surface area contributed by atoms with E-state index >= 15 is 0 Å². The molecule has 0 radical (unpaired) electrons. The van der Waals surface area contributed by atoms with Gasteiger partial charge in [0.2, 0.25) is 10.0 Å². The van der Waals surface area contributed by atoms with Gasteiger partial charge in [0.15, 0.2) is 0 Å². The van der Waals surface area contributed by atoms with Crippen LogP contribution in [0.3, 0.4) is 0 Å². The third kappa shape index (κ3) is 2.87. The van der Waals surface area contributed by atoms with Gasteiger partial charge in [-0.25, -0.2) is 13.6 Å². The van der Waals surface area contributed by atoms with E-state index in [0.29, 0.717) is 18.9 Å². The Balaban J connectivity index is 2.32. The summed E-state index contributed by atoms with van der Waals surface area (Å²) in [4.78, 5) is -0.0931. The molecule has 1 aromatic carbocycles. The summed E-state index contributed by atoms with van der Waals surface area (Å²) in [7, 11) is -3.84. The summed E-state index contributed by atoms with van der Waals surface area (Å²) in [5, 5.41) is 5.11. The second-order valence-corrected chi connectivity index (χ2v) is 5.38. The zero-order valence-corrected chi connectivity index (χ0v) is 9.94. The van der Waals surface area contributed by atoms with Gasteiger partial charge in [0.25, 0.3) is 0 Å². The Morgan fingerprint density at radius 2 is 2.18 bits per heavy atom. The van der Waals surface area contributed by atoms with Crippen LogP contribution in [0.25, 0.3) is 0 Å². The molecule has 7 heteroatoms. The van der Waals surface area contributed by atoms with E-state index in [1.165, 1.54) is 12.1 Å². The standard InChI is InChI=1S/C10H14N2O4S/c11-7-1-2-9(10(5-7)17(12,13)14)16-8-3-4-15-6-8/h1-2,5,8H,3-4,6,11H2,(H2,12,13,14). The molecule has 1 fully saturated rings. The highest BCUT2D eigenvalue weighted by atomic mass is 32.2. The van der Waals surface area contributed by atoms with Crippen LogP contribution in [0, 0.1) is 0 Å². The summed E-state index contributed by atoms with van der Waals surface area (Å²) >= 11 is 0. The SMILES string of the molecule is Nc1ccc(OC2CCOC2)c(S(N)(=O)=O)c1. The quantitative estimate of drug-likeness (QED) is 0.747. The van der Waals surface area contributed by atoms with Gasteiger partial charge in [-0.05, 0) is 18.2 Å². The number of benzene rings is 1. The Bertz CT molecular complexity index is 509. The zero-order valence-electron chi connectivity index (χ0n) is 9.13. The van der Waals surface area contributed by atoms with Crippen molar-refractivity contribution in [2.75, 3.05) is 18.9 Å². The molecule has 0 spiro atoms. The van der Waals surface area contributed by atoms with Crippen molar-refractivity contribution in [1.29, 1.82) is 0 Å². The highest BCUT2D eigenvalue weighted by molar-refractivity contribution is 7.89. The predicted molar refractivity (Wildman–Crippen MR) is 62.1 cm³/mol. The van der Waals surface area contributed by atoms with Crippen LogP contribution in [0.15, 0.2) is 23.1 Å². The van der Waals surface area contributed by atoms with E-state index in [4.69, 9.17) is 20.3 Å². The Morgan fingerprint density at radius 3 is 2.76 bits per heavy atom. The molecule has 0 aliphatic carbocycles. The van der Waals surface area contributed by atoms with Crippen LogP contribution in [0.5, 0.6) is 5.75 Å². The second kappa shape index (κ2) is 4.52. The van der Waals surface area contributed by atoms with E-state index in [2.05, 4.69) is 0 Å². The van der Waals surface area contributed by atoms with Crippen molar-refractivity contribution in [3.63, 3.8) is 0 Å². The molecule has 1 aliphatic rings. The lowest BCUT2D eigenvalue weighted by Gasteiger charge is -2.14. The molecular formula is C10H14N2O4S. The maximum atomic E-state index is 11.4. The first-order valence-corrected chi connectivity index (χ1v) is 6.68. The molecule has 1 heterocycles. The topological polar surface area (TPSA) is 105 Å². The Labute approximate surface area is 99.6 Å². The fourth-order valence-electron chi connectivity index (χ4n) is 1.63. The number of ether oxygens (including phenoxy) is 2. The van der Waals surface area contributed by atoms with Crippen molar-refractivity contribution in [3.8, 4) is 5.75 Å². The lowest BCUT2D eigenvalue weighted by Crippen LogP contribution is -2.20. The average molecular weight is 258 g/mol. The van der Waals surface area contributed by atoms with Crippen LogP contribution >= 0.6 is 0 Å². The molecule has 6 nitrogen and oxygen atoms in total. The lowest BCUT2D eigenvalue weighted by atomic mass is 10.3. The highest BCUT2D eigenvalue weighted by Crippen LogP contribution is 2.27. The molecule has 17 heavy (non-hydrogen) atoms. The first-order valence-electron chi connectivity index (χ1n) is 5.13. The molecule has 1 atom stereocenters. The molecule has 1 aliphatic heterocycles. The number of hydrogen-bond donors (Lipinski definition) is 2. The zero-order chi connectivity index (χ0) is 12.5. The van der Waals surface area contributed by atoms with Crippen LogP contribution < -0.4 is 15.6 Å². The molecule has 0 bridgehead atoms. The van der Waals surface area contributed by atoms with Crippen molar-refractivity contribution in [3.05, 3.63) is 18.2 Å². The molecule has 0 saturated carbocycles. The molecule has 4 N–H and O–H groups in total. The fraction of sp³-hybridized carbons (Fsp3) is 0.400. The van der Waals surface area contributed by atoms with Crippen LogP contribution in [-0.2, 0) is 14.8 Å². The molecule has 1 aromatic rings. The van der Waals surface area contributed by atoms with Gasteiger partial charge in [-0.2, -0.15) is 0 Å². The van der Waals surface area contributed by atoms with Gasteiger partial charge in [-0.1, -0.05) is 0 Å². The van der Waals surface area contributed by atoms with Gasteiger partial charge < -0.3 is 15.2 Å². The lowest BCUT2D eigenvalue weighted by molar-refractivity contribution is 0.139. The number of primary sulfonamides is 1. The van der Waals surface area contributed by atoms with Gasteiger partial charge >= 0.3 is 0 Å². The summed E-state index contributed by atoms with van der Waals surface area (Å²) in [6, 6.07) is 4.37. The number of nitrogens with two attached hydrogens (primary N) is 2. The minimum Gasteiger partial charge on any atom is -0.487 e. The van der Waals surface area contributed by atoms with Crippen LogP contribution in [0.1, 0.15) is 6.42 Å². The predicted octanol–water partition coefficient (Wildman–Crippen LogP) is 0.0839. The van der Waals surface area contributed by atoms with Gasteiger partial charge in [-0.15, -0.1) is 0 Å². The largest absolute Gasteiger partial charge is 0.487 e. The van der Waals surface area contributed by atoms with Crippen LogP contribution in [0.2, 0.25) is 0 Å². The number of nitrogen functional groups attached to an aromatic ring is 1. The average Bonchev–Trinajstić information content (AvgIpc) is 2.72. The van der Waals surface area contributed by atoms with E-state index in [9.17, 15) is 8.42 Å². The Hall–Kier alpha value is -1.31. The van der Waals surface area contributed by atoms with Crippen molar-refractivity contribution in [2.24, 2.45) is 5.14 Å². The van der Waals surface area contributed by atoms with E-state index in [1.807, 2.05) is 0 Å². The molecule has 0 amide bonds. The maximum absolute atomic E-state index is 11.4. The van der Waals surface area contributed by atoms with E-state index in [-0.39, 0.29) is 16.7 Å². The van der Waals surface area contributed by atoms with Gasteiger partial charge in [0.05, 0.1) is 13.2 Å².